The summed E-state index contributed by atoms with van der Waals surface area (Å²) in [7, 11) is 3.37. The number of nitrogens with zero attached hydrogens (tertiary/aromatic N) is 1. The third-order valence-electron chi connectivity index (χ3n) is 5.94. The fourth-order valence-corrected chi connectivity index (χ4v) is 4.09. The Labute approximate surface area is 200 Å². The van der Waals surface area contributed by atoms with Crippen molar-refractivity contribution >= 4 is 0 Å². The van der Waals surface area contributed by atoms with Gasteiger partial charge in [0.1, 0.15) is 11.5 Å². The van der Waals surface area contributed by atoms with Crippen LogP contribution in [0.2, 0.25) is 0 Å². The Morgan fingerprint density at radius 3 is 1.44 bits per heavy atom. The van der Waals surface area contributed by atoms with E-state index in [1.54, 1.807) is 14.2 Å². The number of benzene rings is 4. The Morgan fingerprint density at radius 1 is 0.441 bits per heavy atom. The van der Waals surface area contributed by atoms with Crippen LogP contribution in [0.15, 0.2) is 115 Å². The average molecular weight is 444 g/mol. The molecule has 0 bridgehead atoms. The highest BCUT2D eigenvalue weighted by Crippen LogP contribution is 2.35. The molecule has 0 atom stereocenters. The second-order valence-electron chi connectivity index (χ2n) is 8.05. The lowest BCUT2D eigenvalue weighted by Crippen LogP contribution is -1.89. The van der Waals surface area contributed by atoms with Crippen molar-refractivity contribution in [3.8, 4) is 56.1 Å². The van der Waals surface area contributed by atoms with Gasteiger partial charge in [-0.05, 0) is 94.0 Å². The molecule has 0 N–H and O–H groups in total. The van der Waals surface area contributed by atoms with Gasteiger partial charge in [0, 0.05) is 11.8 Å². The van der Waals surface area contributed by atoms with Crippen LogP contribution in [0.3, 0.4) is 0 Å². The van der Waals surface area contributed by atoms with Crippen molar-refractivity contribution in [2.75, 3.05) is 14.2 Å². The molecule has 0 saturated carbocycles. The Bertz CT molecular complexity index is 1330. The maximum Gasteiger partial charge on any atom is 0.118 e. The molecule has 166 valence electrons. The van der Waals surface area contributed by atoms with E-state index in [1.165, 1.54) is 0 Å². The SMILES string of the molecule is COc1ccc(-c2cc(-c3ccc(OC)cc3)cc(-c3cccc(-c4ccccn4)c3)c2)cc1. The molecule has 1 heterocycles. The first-order chi connectivity index (χ1) is 16.7. The summed E-state index contributed by atoms with van der Waals surface area (Å²) < 4.78 is 10.7. The molecule has 5 rings (SSSR count). The molecule has 0 spiro atoms. The van der Waals surface area contributed by atoms with E-state index in [4.69, 9.17) is 9.47 Å². The third kappa shape index (κ3) is 4.55. The Balaban J connectivity index is 1.64. The van der Waals surface area contributed by atoms with Gasteiger partial charge in [-0.3, -0.25) is 4.98 Å². The van der Waals surface area contributed by atoms with Gasteiger partial charge < -0.3 is 9.47 Å². The summed E-state index contributed by atoms with van der Waals surface area (Å²) in [6, 6.07) is 37.6. The van der Waals surface area contributed by atoms with Crippen LogP contribution in [0.5, 0.6) is 11.5 Å². The monoisotopic (exact) mass is 443 g/mol. The first-order valence-electron chi connectivity index (χ1n) is 11.2. The van der Waals surface area contributed by atoms with Crippen molar-refractivity contribution < 1.29 is 9.47 Å². The van der Waals surface area contributed by atoms with E-state index >= 15 is 0 Å². The fraction of sp³-hybridized carbons (Fsp3) is 0.0645. The second kappa shape index (κ2) is 9.63. The van der Waals surface area contributed by atoms with E-state index in [1.807, 2.05) is 48.7 Å². The summed E-state index contributed by atoms with van der Waals surface area (Å²) in [6.45, 7) is 0. The molecule has 3 heteroatoms. The van der Waals surface area contributed by atoms with Crippen molar-refractivity contribution in [2.24, 2.45) is 0 Å². The molecule has 0 aliphatic rings. The normalized spacial score (nSPS) is 10.6. The van der Waals surface area contributed by atoms with E-state index in [9.17, 15) is 0 Å². The highest BCUT2D eigenvalue weighted by Gasteiger charge is 2.09. The zero-order chi connectivity index (χ0) is 23.3. The van der Waals surface area contributed by atoms with E-state index in [0.717, 1.165) is 56.1 Å². The van der Waals surface area contributed by atoms with E-state index in [0.29, 0.717) is 0 Å². The number of aromatic nitrogens is 1. The van der Waals surface area contributed by atoms with Gasteiger partial charge in [0.25, 0.3) is 0 Å². The van der Waals surface area contributed by atoms with Crippen LogP contribution in [-0.4, -0.2) is 19.2 Å². The van der Waals surface area contributed by atoms with Gasteiger partial charge in [-0.2, -0.15) is 0 Å². The fourth-order valence-electron chi connectivity index (χ4n) is 4.09. The number of hydrogen-bond acceptors (Lipinski definition) is 3. The topological polar surface area (TPSA) is 31.4 Å². The molecule has 0 radical (unpaired) electrons. The predicted molar refractivity (Wildman–Crippen MR) is 139 cm³/mol. The molecule has 0 saturated heterocycles. The molecule has 0 fully saturated rings. The van der Waals surface area contributed by atoms with E-state index < -0.39 is 0 Å². The lowest BCUT2D eigenvalue weighted by molar-refractivity contribution is 0.415. The highest BCUT2D eigenvalue weighted by atomic mass is 16.5. The van der Waals surface area contributed by atoms with Crippen molar-refractivity contribution in [3.63, 3.8) is 0 Å². The quantitative estimate of drug-likeness (QED) is 0.269. The van der Waals surface area contributed by atoms with Gasteiger partial charge in [-0.25, -0.2) is 0 Å². The molecule has 4 aromatic carbocycles. The lowest BCUT2D eigenvalue weighted by atomic mass is 9.92. The molecular formula is C31H25NO2. The third-order valence-corrected chi connectivity index (χ3v) is 5.94. The summed E-state index contributed by atoms with van der Waals surface area (Å²) >= 11 is 0. The van der Waals surface area contributed by atoms with Crippen molar-refractivity contribution in [2.45, 2.75) is 0 Å². The highest BCUT2D eigenvalue weighted by molar-refractivity contribution is 5.82. The van der Waals surface area contributed by atoms with Gasteiger partial charge in [-0.15, -0.1) is 0 Å². The summed E-state index contributed by atoms with van der Waals surface area (Å²) in [5.74, 6) is 1.69. The maximum atomic E-state index is 5.35. The van der Waals surface area contributed by atoms with Crippen LogP contribution in [0.25, 0.3) is 44.6 Å². The van der Waals surface area contributed by atoms with Gasteiger partial charge in [-0.1, -0.05) is 48.5 Å². The molecule has 1 aromatic heterocycles. The summed E-state index contributed by atoms with van der Waals surface area (Å²) in [4.78, 5) is 4.52. The minimum Gasteiger partial charge on any atom is -0.497 e. The van der Waals surface area contributed by atoms with Crippen LogP contribution in [0.1, 0.15) is 0 Å². The lowest BCUT2D eigenvalue weighted by Gasteiger charge is -2.13. The minimum absolute atomic E-state index is 0.846. The second-order valence-corrected chi connectivity index (χ2v) is 8.05. The van der Waals surface area contributed by atoms with Gasteiger partial charge in [0.15, 0.2) is 0 Å². The first-order valence-corrected chi connectivity index (χ1v) is 11.2. The smallest absolute Gasteiger partial charge is 0.118 e. The molecular weight excluding hydrogens is 418 g/mol. The number of methoxy groups -OCH3 is 2. The van der Waals surface area contributed by atoms with Crippen molar-refractivity contribution in [3.05, 3.63) is 115 Å². The number of rotatable bonds is 6. The molecule has 0 aliphatic heterocycles. The van der Waals surface area contributed by atoms with Crippen LogP contribution in [0, 0.1) is 0 Å². The molecule has 0 unspecified atom stereocenters. The van der Waals surface area contributed by atoms with Gasteiger partial charge in [0.05, 0.1) is 19.9 Å². The first kappa shape index (κ1) is 21.5. The summed E-state index contributed by atoms with van der Waals surface area (Å²) in [5.41, 5.74) is 8.93. The molecule has 5 aromatic rings. The Morgan fingerprint density at radius 2 is 0.941 bits per heavy atom. The molecule has 0 aliphatic carbocycles. The Kier molecular flexibility index (Phi) is 6.09. The van der Waals surface area contributed by atoms with Crippen LogP contribution < -0.4 is 9.47 Å². The van der Waals surface area contributed by atoms with Crippen LogP contribution >= 0.6 is 0 Å². The minimum atomic E-state index is 0.846. The standard InChI is InChI=1S/C31H25NO2/c1-33-29-13-9-22(10-14-29)26-19-27(23-11-15-30(34-2)16-12-23)21-28(20-26)24-6-5-7-25(18-24)31-8-3-4-17-32-31/h3-21H,1-2H3. The van der Waals surface area contributed by atoms with Gasteiger partial charge >= 0.3 is 0 Å². The maximum absolute atomic E-state index is 5.35. The van der Waals surface area contributed by atoms with Crippen molar-refractivity contribution in [1.29, 1.82) is 0 Å². The van der Waals surface area contributed by atoms with Crippen molar-refractivity contribution in [1.82, 2.24) is 4.98 Å². The number of hydrogen-bond donors (Lipinski definition) is 0. The van der Waals surface area contributed by atoms with Gasteiger partial charge in [0.2, 0.25) is 0 Å². The average Bonchev–Trinajstić information content (AvgIpc) is 2.93. The van der Waals surface area contributed by atoms with Crippen LogP contribution in [0.4, 0.5) is 0 Å². The molecule has 3 nitrogen and oxygen atoms in total. The summed E-state index contributed by atoms with van der Waals surface area (Å²) in [6.07, 6.45) is 1.83. The predicted octanol–water partition coefficient (Wildman–Crippen LogP) is 7.77. The van der Waals surface area contributed by atoms with E-state index in [-0.39, 0.29) is 0 Å². The zero-order valence-corrected chi connectivity index (χ0v) is 19.2. The van der Waals surface area contributed by atoms with Crippen LogP contribution in [-0.2, 0) is 0 Å². The summed E-state index contributed by atoms with van der Waals surface area (Å²) in [5, 5.41) is 0. The largest absolute Gasteiger partial charge is 0.497 e. The molecule has 0 amide bonds. The molecule has 34 heavy (non-hydrogen) atoms. The number of pyridine rings is 1. The number of ether oxygens (including phenoxy) is 2. The zero-order valence-electron chi connectivity index (χ0n) is 19.2. The van der Waals surface area contributed by atoms with E-state index in [2.05, 4.69) is 71.7 Å². The Hall–Kier alpha value is -4.37.